The third-order valence-corrected chi connectivity index (χ3v) is 6.49. The Kier molecular flexibility index (Phi) is 7.24. The van der Waals surface area contributed by atoms with Crippen LogP contribution < -0.4 is 15.5 Å². The number of anilines is 1. The Morgan fingerprint density at radius 2 is 1.92 bits per heavy atom. The molecule has 0 bridgehead atoms. The number of alkyl carbamates (subject to hydrolysis) is 1. The number of carbonyl (C=O) groups excluding carboxylic acids is 2. The van der Waals surface area contributed by atoms with Crippen molar-refractivity contribution in [2.75, 3.05) is 31.6 Å². The molecule has 2 atom stereocenters. The van der Waals surface area contributed by atoms with Crippen molar-refractivity contribution in [1.82, 2.24) is 35.6 Å². The van der Waals surface area contributed by atoms with E-state index in [1.165, 1.54) is 7.05 Å². The van der Waals surface area contributed by atoms with E-state index in [4.69, 9.17) is 16.3 Å². The second-order valence-electron chi connectivity index (χ2n) is 8.64. The van der Waals surface area contributed by atoms with Crippen molar-refractivity contribution in [3.05, 3.63) is 71.5 Å². The number of hydrogen-bond acceptors (Lipinski definition) is 8. The average molecular weight is 521 g/mol. The Balaban J connectivity index is 1.42. The van der Waals surface area contributed by atoms with Gasteiger partial charge in [-0.2, -0.15) is 4.68 Å². The molecule has 3 aromatic heterocycles. The number of hydrogen-bond donors (Lipinski definition) is 2. The van der Waals surface area contributed by atoms with Crippen LogP contribution in [0.4, 0.5) is 10.6 Å². The van der Waals surface area contributed by atoms with Gasteiger partial charge in [0.25, 0.3) is 5.91 Å². The summed E-state index contributed by atoms with van der Waals surface area (Å²) in [7, 11) is 1.51. The number of aromatic nitrogens is 5. The first-order valence-corrected chi connectivity index (χ1v) is 12.2. The monoisotopic (exact) mass is 520 g/mol. The smallest absolute Gasteiger partial charge is 0.406 e. The lowest BCUT2D eigenvalue weighted by Crippen LogP contribution is -2.52. The minimum Gasteiger partial charge on any atom is -0.449 e. The molecule has 0 radical (unpaired) electrons. The van der Waals surface area contributed by atoms with E-state index in [1.807, 2.05) is 6.07 Å². The highest BCUT2D eigenvalue weighted by Gasteiger charge is 2.33. The van der Waals surface area contributed by atoms with Crippen LogP contribution in [0.15, 0.2) is 60.9 Å². The number of fused-ring (bicyclic) bond motifs is 1. The number of benzene rings is 1. The summed E-state index contributed by atoms with van der Waals surface area (Å²) in [5.74, 6) is 0.155. The fraction of sp³-hybridized carbons (Fsp3) is 0.280. The first-order valence-electron chi connectivity index (χ1n) is 11.8. The lowest BCUT2D eigenvalue weighted by atomic mass is 9.94. The van der Waals surface area contributed by atoms with Crippen LogP contribution in [0.1, 0.15) is 16.8 Å². The summed E-state index contributed by atoms with van der Waals surface area (Å²) in [4.78, 5) is 35.8. The lowest BCUT2D eigenvalue weighted by molar-refractivity contribution is 0.0944. The van der Waals surface area contributed by atoms with Crippen molar-refractivity contribution in [3.63, 3.8) is 0 Å². The highest BCUT2D eigenvalue weighted by atomic mass is 35.5. The van der Waals surface area contributed by atoms with Gasteiger partial charge in [0.05, 0.1) is 23.4 Å². The Hall–Kier alpha value is -4.09. The molecule has 1 aromatic carbocycles. The van der Waals surface area contributed by atoms with Gasteiger partial charge in [-0.25, -0.2) is 14.8 Å². The number of nitrogens with zero attached hydrogens (tertiary/aromatic N) is 6. The second-order valence-corrected chi connectivity index (χ2v) is 9.05. The SMILES string of the molecule is CNC(=O)OC[C@H]1CNC[C@H](N(C(=O)c2ccc(-n3nnc4cccnc43)cc2)c2ncccc2Cl)C1. The van der Waals surface area contributed by atoms with Gasteiger partial charge in [0.2, 0.25) is 0 Å². The molecule has 2 N–H and O–H groups in total. The quantitative estimate of drug-likeness (QED) is 0.397. The zero-order valence-corrected chi connectivity index (χ0v) is 20.8. The molecule has 0 aliphatic carbocycles. The summed E-state index contributed by atoms with van der Waals surface area (Å²) in [6.07, 6.45) is 3.41. The van der Waals surface area contributed by atoms with Crippen LogP contribution in [-0.4, -0.2) is 69.7 Å². The molecule has 190 valence electrons. The summed E-state index contributed by atoms with van der Waals surface area (Å²) < 4.78 is 6.88. The van der Waals surface area contributed by atoms with E-state index in [9.17, 15) is 9.59 Å². The van der Waals surface area contributed by atoms with E-state index in [1.54, 1.807) is 64.4 Å². The Morgan fingerprint density at radius 3 is 2.70 bits per heavy atom. The fourth-order valence-electron chi connectivity index (χ4n) is 4.41. The summed E-state index contributed by atoms with van der Waals surface area (Å²) in [5.41, 5.74) is 2.50. The maximum Gasteiger partial charge on any atom is 0.406 e. The van der Waals surface area contributed by atoms with Crippen LogP contribution in [0.2, 0.25) is 5.02 Å². The molecular formula is C25H25ClN8O3. The van der Waals surface area contributed by atoms with Gasteiger partial charge in [-0.05, 0) is 55.0 Å². The summed E-state index contributed by atoms with van der Waals surface area (Å²) in [5, 5.41) is 14.5. The Labute approximate surface area is 217 Å². The molecule has 5 rings (SSSR count). The highest BCUT2D eigenvalue weighted by molar-refractivity contribution is 6.33. The van der Waals surface area contributed by atoms with Crippen LogP contribution in [0, 0.1) is 5.92 Å². The van der Waals surface area contributed by atoms with Gasteiger partial charge in [-0.15, -0.1) is 5.10 Å². The van der Waals surface area contributed by atoms with Gasteiger partial charge in [0, 0.05) is 44.0 Å². The van der Waals surface area contributed by atoms with Gasteiger partial charge in [0.15, 0.2) is 11.5 Å². The summed E-state index contributed by atoms with van der Waals surface area (Å²) >= 11 is 6.50. The van der Waals surface area contributed by atoms with Crippen LogP contribution in [0.25, 0.3) is 16.9 Å². The maximum absolute atomic E-state index is 13.9. The predicted octanol–water partition coefficient (Wildman–Crippen LogP) is 2.84. The molecule has 1 aliphatic rings. The number of carbonyl (C=O) groups is 2. The van der Waals surface area contributed by atoms with Gasteiger partial charge < -0.3 is 15.4 Å². The number of pyridine rings is 2. The Morgan fingerprint density at radius 1 is 1.14 bits per heavy atom. The first-order chi connectivity index (χ1) is 18.0. The highest BCUT2D eigenvalue weighted by Crippen LogP contribution is 2.29. The second kappa shape index (κ2) is 10.9. The molecule has 0 spiro atoms. The number of rotatable bonds is 6. The van der Waals surface area contributed by atoms with E-state index < -0.39 is 6.09 Å². The van der Waals surface area contributed by atoms with Gasteiger partial charge >= 0.3 is 6.09 Å². The number of ether oxygens (including phenoxy) is 1. The van der Waals surface area contributed by atoms with Crippen molar-refractivity contribution in [3.8, 4) is 5.69 Å². The maximum atomic E-state index is 13.9. The summed E-state index contributed by atoms with van der Waals surface area (Å²) in [6, 6.07) is 13.9. The van der Waals surface area contributed by atoms with Crippen LogP contribution in [-0.2, 0) is 4.74 Å². The molecule has 4 heterocycles. The van der Waals surface area contributed by atoms with Crippen molar-refractivity contribution in [1.29, 1.82) is 0 Å². The topological polar surface area (TPSA) is 127 Å². The van der Waals surface area contributed by atoms with E-state index in [-0.39, 0.29) is 24.5 Å². The standard InChI is InChI=1S/C25H25ClN8O3/c1-27-25(36)37-15-16-12-19(14-28-13-16)33(22-20(26)4-2-10-29-22)24(35)17-6-8-18(9-7-17)34-23-21(31-32-34)5-3-11-30-23/h2-11,16,19,28H,12-15H2,1H3,(H,27,36)/t16-,19-/m1/s1. The third kappa shape index (κ3) is 5.23. The molecule has 1 fully saturated rings. The fourth-order valence-corrected chi connectivity index (χ4v) is 4.62. The first kappa shape index (κ1) is 24.6. The van der Waals surface area contributed by atoms with E-state index in [0.717, 1.165) is 5.69 Å². The number of halogens is 1. The van der Waals surface area contributed by atoms with Crippen molar-refractivity contribution in [2.45, 2.75) is 12.5 Å². The normalized spacial score (nSPS) is 17.4. The number of nitrogens with one attached hydrogen (secondary N) is 2. The van der Waals surface area contributed by atoms with Crippen LogP contribution in [0.3, 0.4) is 0 Å². The van der Waals surface area contributed by atoms with Crippen molar-refractivity contribution >= 4 is 40.6 Å². The molecule has 0 saturated carbocycles. The van der Waals surface area contributed by atoms with E-state index in [0.29, 0.717) is 47.1 Å². The van der Waals surface area contributed by atoms with Crippen LogP contribution >= 0.6 is 11.6 Å². The van der Waals surface area contributed by atoms with E-state index >= 15 is 0 Å². The zero-order valence-electron chi connectivity index (χ0n) is 20.0. The van der Waals surface area contributed by atoms with Gasteiger partial charge in [0.1, 0.15) is 5.52 Å². The molecule has 0 unspecified atom stereocenters. The minimum absolute atomic E-state index is 0.0179. The Bertz CT molecular complexity index is 1410. The van der Waals surface area contributed by atoms with Crippen molar-refractivity contribution < 1.29 is 14.3 Å². The van der Waals surface area contributed by atoms with E-state index in [2.05, 4.69) is 30.9 Å². The van der Waals surface area contributed by atoms with Crippen molar-refractivity contribution in [2.24, 2.45) is 5.92 Å². The molecule has 1 saturated heterocycles. The molecule has 12 heteroatoms. The van der Waals surface area contributed by atoms with Gasteiger partial charge in [-0.1, -0.05) is 16.8 Å². The zero-order chi connectivity index (χ0) is 25.8. The number of amides is 2. The third-order valence-electron chi connectivity index (χ3n) is 6.19. The molecular weight excluding hydrogens is 496 g/mol. The lowest BCUT2D eigenvalue weighted by Gasteiger charge is -2.37. The minimum atomic E-state index is -0.488. The van der Waals surface area contributed by atoms with Gasteiger partial charge in [-0.3, -0.25) is 9.69 Å². The largest absolute Gasteiger partial charge is 0.449 e. The summed E-state index contributed by atoms with van der Waals surface area (Å²) in [6.45, 7) is 1.44. The average Bonchev–Trinajstić information content (AvgIpc) is 3.37. The number of piperidine rings is 1. The molecule has 2 amide bonds. The molecule has 4 aromatic rings. The molecule has 1 aliphatic heterocycles. The molecule has 37 heavy (non-hydrogen) atoms. The predicted molar refractivity (Wildman–Crippen MR) is 138 cm³/mol. The molecule has 11 nitrogen and oxygen atoms in total. The van der Waals surface area contributed by atoms with Crippen LogP contribution in [0.5, 0.6) is 0 Å².